The van der Waals surface area contributed by atoms with E-state index in [0.29, 0.717) is 5.92 Å². The summed E-state index contributed by atoms with van der Waals surface area (Å²) < 4.78 is 0. The molecule has 1 rings (SSSR count). The highest BCUT2D eigenvalue weighted by atomic mass is 14.1. The third-order valence-electron chi connectivity index (χ3n) is 2.35. The fraction of sp³-hybridized carbons (Fsp3) is 0.333. The first-order valence-corrected chi connectivity index (χ1v) is 5.26. The summed E-state index contributed by atoms with van der Waals surface area (Å²) in [4.78, 5) is 0. The molecule has 0 amide bonds. The summed E-state index contributed by atoms with van der Waals surface area (Å²) in [7, 11) is 0. The van der Waals surface area contributed by atoms with Gasteiger partial charge in [-0.05, 0) is 32.8 Å². The van der Waals surface area contributed by atoms with E-state index in [-0.39, 0.29) is 0 Å². The van der Waals surface area contributed by atoms with E-state index in [1.54, 1.807) is 0 Å². The second kappa shape index (κ2) is 5.41. The Hall–Kier alpha value is -1.48. The van der Waals surface area contributed by atoms with Gasteiger partial charge in [-0.1, -0.05) is 41.3 Å². The summed E-state index contributed by atoms with van der Waals surface area (Å²) in [5.74, 6) is 6.53. The molecule has 0 heterocycles. The minimum atomic E-state index is 0.299. The molecule has 0 aromatic heterocycles. The van der Waals surface area contributed by atoms with Gasteiger partial charge in [-0.2, -0.15) is 0 Å². The van der Waals surface area contributed by atoms with Gasteiger partial charge in [-0.25, -0.2) is 0 Å². The monoisotopic (exact) mass is 198 g/mol. The maximum Gasteiger partial charge on any atom is 0.0489 e. The molecule has 0 aliphatic heterocycles. The lowest BCUT2D eigenvalue weighted by molar-refractivity contribution is 0.852. The highest BCUT2D eigenvalue weighted by Crippen LogP contribution is 2.22. The molecule has 0 radical (unpaired) electrons. The summed E-state index contributed by atoms with van der Waals surface area (Å²) in [5, 5.41) is 0. The zero-order chi connectivity index (χ0) is 11.3. The molecule has 0 N–H and O–H groups in total. The first-order chi connectivity index (χ1) is 7.13. The summed E-state index contributed by atoms with van der Waals surface area (Å²) in [6.07, 6.45) is 0.948. The lowest BCUT2D eigenvalue weighted by Gasteiger charge is -2.11. The smallest absolute Gasteiger partial charge is 0.0489 e. The summed E-state index contributed by atoms with van der Waals surface area (Å²) >= 11 is 0. The number of hydrogen-bond acceptors (Lipinski definition) is 0. The molecule has 1 aromatic rings. The Bertz CT molecular complexity index is 384. The quantitative estimate of drug-likeness (QED) is 0.507. The summed E-state index contributed by atoms with van der Waals surface area (Å²) in [5.41, 5.74) is 3.76. The van der Waals surface area contributed by atoms with Crippen LogP contribution in [0, 0.1) is 18.8 Å². The van der Waals surface area contributed by atoms with Gasteiger partial charge in [0.2, 0.25) is 0 Å². The Morgan fingerprint density at radius 1 is 1.33 bits per heavy atom. The Balaban J connectivity index is 2.92. The van der Waals surface area contributed by atoms with Crippen molar-refractivity contribution in [2.75, 3.05) is 0 Å². The first-order valence-electron chi connectivity index (χ1n) is 5.26. The average molecular weight is 198 g/mol. The van der Waals surface area contributed by atoms with Crippen LogP contribution in [0.15, 0.2) is 36.4 Å². The number of benzene rings is 1. The van der Waals surface area contributed by atoms with Crippen LogP contribution >= 0.6 is 0 Å². The van der Waals surface area contributed by atoms with E-state index in [4.69, 9.17) is 0 Å². The minimum Gasteiger partial charge on any atom is -0.106 e. The van der Waals surface area contributed by atoms with E-state index in [0.717, 1.165) is 6.42 Å². The van der Waals surface area contributed by atoms with Crippen molar-refractivity contribution in [2.45, 2.75) is 33.1 Å². The zero-order valence-corrected chi connectivity index (χ0v) is 9.80. The van der Waals surface area contributed by atoms with Crippen molar-refractivity contribution in [3.05, 3.63) is 47.5 Å². The number of hydrogen-bond donors (Lipinski definition) is 0. The molecule has 1 aromatic carbocycles. The number of allylic oxidation sites excluding steroid dienone is 1. The fourth-order valence-electron chi connectivity index (χ4n) is 1.57. The Labute approximate surface area is 93.0 Å². The van der Waals surface area contributed by atoms with Gasteiger partial charge in [0.15, 0.2) is 0 Å². The van der Waals surface area contributed by atoms with Crippen LogP contribution in [0.2, 0.25) is 0 Å². The molecule has 0 saturated heterocycles. The van der Waals surface area contributed by atoms with E-state index in [1.807, 2.05) is 6.92 Å². The van der Waals surface area contributed by atoms with Crippen LogP contribution in [0.3, 0.4) is 0 Å². The molecular weight excluding hydrogens is 180 g/mol. The SMILES string of the molecule is C=C(C)CC(C#CC)c1ccc(C)cc1. The van der Waals surface area contributed by atoms with Crippen molar-refractivity contribution >= 4 is 0 Å². The maximum atomic E-state index is 3.95. The standard InChI is InChI=1S/C15H18/c1-5-6-15(11-12(2)3)14-9-7-13(4)8-10-14/h7-10,15H,2,11H2,1,3-4H3. The van der Waals surface area contributed by atoms with E-state index < -0.39 is 0 Å². The van der Waals surface area contributed by atoms with Gasteiger partial charge < -0.3 is 0 Å². The highest BCUT2D eigenvalue weighted by Gasteiger charge is 2.07. The van der Waals surface area contributed by atoms with Crippen molar-refractivity contribution in [3.8, 4) is 11.8 Å². The van der Waals surface area contributed by atoms with Crippen LogP contribution in [0.5, 0.6) is 0 Å². The first kappa shape index (κ1) is 11.6. The molecule has 1 atom stereocenters. The van der Waals surface area contributed by atoms with Gasteiger partial charge in [0, 0.05) is 5.92 Å². The lowest BCUT2D eigenvalue weighted by Crippen LogP contribution is -1.96. The molecule has 1 unspecified atom stereocenters. The topological polar surface area (TPSA) is 0 Å². The van der Waals surface area contributed by atoms with Gasteiger partial charge in [0.25, 0.3) is 0 Å². The normalized spacial score (nSPS) is 11.4. The van der Waals surface area contributed by atoms with Gasteiger partial charge in [0.1, 0.15) is 0 Å². The van der Waals surface area contributed by atoms with Gasteiger partial charge in [-0.15, -0.1) is 12.5 Å². The molecule has 0 bridgehead atoms. The molecule has 0 nitrogen and oxygen atoms in total. The highest BCUT2D eigenvalue weighted by molar-refractivity contribution is 5.31. The summed E-state index contributed by atoms with van der Waals surface area (Å²) in [6, 6.07) is 8.59. The summed E-state index contributed by atoms with van der Waals surface area (Å²) in [6.45, 7) is 10.00. The van der Waals surface area contributed by atoms with Gasteiger partial charge >= 0.3 is 0 Å². The van der Waals surface area contributed by atoms with E-state index in [1.165, 1.54) is 16.7 Å². The molecule has 0 spiro atoms. The lowest BCUT2D eigenvalue weighted by atomic mass is 9.93. The minimum absolute atomic E-state index is 0.299. The Kier molecular flexibility index (Phi) is 4.18. The van der Waals surface area contributed by atoms with Crippen LogP contribution in [-0.2, 0) is 0 Å². The molecule has 0 heteroatoms. The number of rotatable bonds is 3. The average Bonchev–Trinajstić information content (AvgIpc) is 2.17. The van der Waals surface area contributed by atoms with E-state index in [9.17, 15) is 0 Å². The second-order valence-corrected chi connectivity index (χ2v) is 4.02. The molecular formula is C15H18. The van der Waals surface area contributed by atoms with Crippen LogP contribution in [0.1, 0.15) is 37.3 Å². The molecule has 78 valence electrons. The fourth-order valence-corrected chi connectivity index (χ4v) is 1.57. The predicted molar refractivity (Wildman–Crippen MR) is 66.8 cm³/mol. The molecule has 0 aliphatic carbocycles. The zero-order valence-electron chi connectivity index (χ0n) is 9.80. The molecule has 0 saturated carbocycles. The van der Waals surface area contributed by atoms with Gasteiger partial charge in [-0.3, -0.25) is 0 Å². The second-order valence-electron chi connectivity index (χ2n) is 4.02. The Morgan fingerprint density at radius 2 is 1.93 bits per heavy atom. The predicted octanol–water partition coefficient (Wildman–Crippen LogP) is 4.07. The van der Waals surface area contributed by atoms with Crippen molar-refractivity contribution in [1.29, 1.82) is 0 Å². The third-order valence-corrected chi connectivity index (χ3v) is 2.35. The Morgan fingerprint density at radius 3 is 2.40 bits per heavy atom. The molecule has 15 heavy (non-hydrogen) atoms. The molecule has 0 fully saturated rings. The van der Waals surface area contributed by atoms with Crippen LogP contribution in [0.4, 0.5) is 0 Å². The maximum absolute atomic E-state index is 3.95. The van der Waals surface area contributed by atoms with Gasteiger partial charge in [0.05, 0.1) is 0 Å². The van der Waals surface area contributed by atoms with E-state index >= 15 is 0 Å². The van der Waals surface area contributed by atoms with Crippen molar-refractivity contribution < 1.29 is 0 Å². The third kappa shape index (κ3) is 3.64. The van der Waals surface area contributed by atoms with Crippen molar-refractivity contribution in [3.63, 3.8) is 0 Å². The van der Waals surface area contributed by atoms with Crippen LogP contribution in [-0.4, -0.2) is 0 Å². The largest absolute Gasteiger partial charge is 0.106 e. The van der Waals surface area contributed by atoms with Crippen LogP contribution < -0.4 is 0 Å². The van der Waals surface area contributed by atoms with E-state index in [2.05, 4.69) is 56.5 Å². The van der Waals surface area contributed by atoms with Crippen LogP contribution in [0.25, 0.3) is 0 Å². The van der Waals surface area contributed by atoms with Crippen molar-refractivity contribution in [2.24, 2.45) is 0 Å². The molecule has 0 aliphatic rings. The van der Waals surface area contributed by atoms with Crippen molar-refractivity contribution in [1.82, 2.24) is 0 Å². The number of aryl methyl sites for hydroxylation is 1.